The van der Waals surface area contributed by atoms with E-state index in [1.54, 1.807) is 18.4 Å². The third-order valence-corrected chi connectivity index (χ3v) is 4.75. The molecule has 0 saturated carbocycles. The molecule has 0 aliphatic rings. The van der Waals surface area contributed by atoms with Gasteiger partial charge in [-0.25, -0.2) is 9.98 Å². The Bertz CT molecular complexity index is 731. The normalized spacial score (nSPS) is 11.3. The van der Waals surface area contributed by atoms with Gasteiger partial charge in [0.1, 0.15) is 5.01 Å². The molecule has 0 aliphatic heterocycles. The molecule has 7 heteroatoms. The topological polar surface area (TPSA) is 67.8 Å². The van der Waals surface area contributed by atoms with Gasteiger partial charge in [-0.05, 0) is 51.3 Å². The summed E-state index contributed by atoms with van der Waals surface area (Å²) in [6, 6.07) is 6.12. The molecule has 0 bridgehead atoms. The summed E-state index contributed by atoms with van der Waals surface area (Å²) in [5, 5.41) is 7.70. The van der Waals surface area contributed by atoms with Crippen LogP contribution in [0, 0.1) is 6.92 Å². The van der Waals surface area contributed by atoms with Crippen molar-refractivity contribution in [1.82, 2.24) is 15.6 Å². The monoisotopic (exact) mass is 390 g/mol. The van der Waals surface area contributed by atoms with Crippen molar-refractivity contribution >= 4 is 17.3 Å². The Labute approximate surface area is 166 Å². The molecular weight excluding hydrogens is 360 g/mol. The molecule has 1 aromatic carbocycles. The summed E-state index contributed by atoms with van der Waals surface area (Å²) in [5.74, 6) is 2.41. The second kappa shape index (κ2) is 11.4. The van der Waals surface area contributed by atoms with Crippen LogP contribution in [0.4, 0.5) is 0 Å². The summed E-state index contributed by atoms with van der Waals surface area (Å²) < 4.78 is 11.0. The van der Waals surface area contributed by atoms with Crippen LogP contribution in [0.15, 0.2) is 29.4 Å². The Morgan fingerprint density at radius 3 is 2.74 bits per heavy atom. The minimum atomic E-state index is 0.601. The number of aliphatic imine (C=N–C) groups is 1. The van der Waals surface area contributed by atoms with Crippen LogP contribution in [0.2, 0.25) is 0 Å². The van der Waals surface area contributed by atoms with E-state index in [-0.39, 0.29) is 0 Å². The van der Waals surface area contributed by atoms with Crippen LogP contribution in [0.25, 0.3) is 0 Å². The number of benzene rings is 1. The first-order valence-corrected chi connectivity index (χ1v) is 10.2. The van der Waals surface area contributed by atoms with Gasteiger partial charge >= 0.3 is 0 Å². The van der Waals surface area contributed by atoms with Crippen LogP contribution in [-0.2, 0) is 13.0 Å². The van der Waals surface area contributed by atoms with Gasteiger partial charge < -0.3 is 20.1 Å². The standard InChI is InChI=1S/C20H30N4O2S/c1-5-21-20(24-14-19-23-13-15(3)27-19)22-11-7-8-16-9-10-17(25-4)18(12-16)26-6-2/h9-10,12-13H,5-8,11,14H2,1-4H3,(H2,21,22,24). The van der Waals surface area contributed by atoms with Crippen molar-refractivity contribution in [3.05, 3.63) is 39.8 Å². The Morgan fingerprint density at radius 1 is 1.22 bits per heavy atom. The molecule has 6 nitrogen and oxygen atoms in total. The van der Waals surface area contributed by atoms with Gasteiger partial charge in [-0.15, -0.1) is 11.3 Å². The first kappa shape index (κ1) is 21.0. The Kier molecular flexibility index (Phi) is 8.91. The van der Waals surface area contributed by atoms with Crippen molar-refractivity contribution in [2.75, 3.05) is 26.8 Å². The lowest BCUT2D eigenvalue weighted by Gasteiger charge is -2.12. The molecule has 0 spiro atoms. The molecule has 1 aromatic heterocycles. The largest absolute Gasteiger partial charge is 0.493 e. The second-order valence-corrected chi connectivity index (χ2v) is 7.33. The minimum absolute atomic E-state index is 0.601. The van der Waals surface area contributed by atoms with Gasteiger partial charge in [-0.2, -0.15) is 0 Å². The average Bonchev–Trinajstić information content (AvgIpc) is 3.09. The number of aryl methyl sites for hydroxylation is 2. The molecular formula is C20H30N4O2S. The highest BCUT2D eigenvalue weighted by Gasteiger charge is 2.06. The number of methoxy groups -OCH3 is 1. The van der Waals surface area contributed by atoms with Crippen molar-refractivity contribution in [2.45, 2.75) is 40.2 Å². The van der Waals surface area contributed by atoms with E-state index in [9.17, 15) is 0 Å². The zero-order chi connectivity index (χ0) is 19.5. The molecule has 0 fully saturated rings. The fourth-order valence-corrected chi connectivity index (χ4v) is 3.32. The highest BCUT2D eigenvalue weighted by molar-refractivity contribution is 7.11. The van der Waals surface area contributed by atoms with E-state index in [0.29, 0.717) is 13.2 Å². The third kappa shape index (κ3) is 7.09. The number of hydrogen-bond donors (Lipinski definition) is 2. The first-order chi connectivity index (χ1) is 13.2. The van der Waals surface area contributed by atoms with Crippen molar-refractivity contribution in [3.8, 4) is 11.5 Å². The lowest BCUT2D eigenvalue weighted by Crippen LogP contribution is -2.37. The lowest BCUT2D eigenvalue weighted by atomic mass is 10.1. The number of nitrogens with one attached hydrogen (secondary N) is 2. The van der Waals surface area contributed by atoms with Gasteiger partial charge in [0.2, 0.25) is 0 Å². The molecule has 0 radical (unpaired) electrons. The van der Waals surface area contributed by atoms with E-state index in [4.69, 9.17) is 9.47 Å². The number of ether oxygens (including phenoxy) is 2. The van der Waals surface area contributed by atoms with Crippen molar-refractivity contribution in [2.24, 2.45) is 4.99 Å². The second-order valence-electron chi connectivity index (χ2n) is 6.01. The van der Waals surface area contributed by atoms with E-state index in [1.807, 2.05) is 19.2 Å². The summed E-state index contributed by atoms with van der Waals surface area (Å²) in [4.78, 5) is 10.2. The molecule has 2 rings (SSSR count). The smallest absolute Gasteiger partial charge is 0.191 e. The molecule has 0 aliphatic carbocycles. The molecule has 148 valence electrons. The maximum absolute atomic E-state index is 5.65. The van der Waals surface area contributed by atoms with E-state index >= 15 is 0 Å². The van der Waals surface area contributed by atoms with Gasteiger partial charge in [0.15, 0.2) is 17.5 Å². The molecule has 2 aromatic rings. The first-order valence-electron chi connectivity index (χ1n) is 9.39. The number of guanidine groups is 1. The van der Waals surface area contributed by atoms with Gasteiger partial charge in [-0.3, -0.25) is 0 Å². The van der Waals surface area contributed by atoms with Gasteiger partial charge in [0, 0.05) is 24.2 Å². The lowest BCUT2D eigenvalue weighted by molar-refractivity contribution is 0.310. The number of hydrogen-bond acceptors (Lipinski definition) is 5. The van der Waals surface area contributed by atoms with E-state index in [1.165, 1.54) is 10.4 Å². The Balaban J connectivity index is 1.83. The van der Waals surface area contributed by atoms with Gasteiger partial charge in [0.25, 0.3) is 0 Å². The molecule has 27 heavy (non-hydrogen) atoms. The summed E-state index contributed by atoms with van der Waals surface area (Å²) in [6.45, 7) is 9.01. The molecule has 1 heterocycles. The summed E-state index contributed by atoms with van der Waals surface area (Å²) in [5.41, 5.74) is 1.24. The molecule has 2 N–H and O–H groups in total. The van der Waals surface area contributed by atoms with Crippen LogP contribution in [0.3, 0.4) is 0 Å². The van der Waals surface area contributed by atoms with Crippen LogP contribution < -0.4 is 20.1 Å². The summed E-state index contributed by atoms with van der Waals surface area (Å²) >= 11 is 1.69. The fraction of sp³-hybridized carbons (Fsp3) is 0.500. The van der Waals surface area contributed by atoms with Crippen LogP contribution in [-0.4, -0.2) is 37.7 Å². The Hall–Kier alpha value is -2.28. The maximum Gasteiger partial charge on any atom is 0.191 e. The van der Waals surface area contributed by atoms with E-state index in [0.717, 1.165) is 48.4 Å². The average molecular weight is 391 g/mol. The summed E-state index contributed by atoms with van der Waals surface area (Å²) in [6.07, 6.45) is 3.85. The number of nitrogens with zero attached hydrogens (tertiary/aromatic N) is 2. The zero-order valence-electron chi connectivity index (χ0n) is 16.7. The van der Waals surface area contributed by atoms with Gasteiger partial charge in [0.05, 0.1) is 20.3 Å². The predicted octanol–water partition coefficient (Wildman–Crippen LogP) is 3.55. The summed E-state index contributed by atoms with van der Waals surface area (Å²) in [7, 11) is 1.66. The maximum atomic E-state index is 5.65. The molecule has 0 unspecified atom stereocenters. The van der Waals surface area contributed by atoms with Crippen LogP contribution in [0.1, 0.15) is 35.7 Å². The van der Waals surface area contributed by atoms with Gasteiger partial charge in [-0.1, -0.05) is 6.07 Å². The Morgan fingerprint density at radius 2 is 2.07 bits per heavy atom. The SMILES string of the molecule is CCNC(=NCc1ncc(C)s1)NCCCc1ccc(OC)c(OCC)c1. The third-order valence-electron chi connectivity index (χ3n) is 3.85. The quantitative estimate of drug-likeness (QED) is 0.369. The minimum Gasteiger partial charge on any atom is -0.493 e. The van der Waals surface area contributed by atoms with Crippen LogP contribution in [0.5, 0.6) is 11.5 Å². The zero-order valence-corrected chi connectivity index (χ0v) is 17.5. The van der Waals surface area contributed by atoms with Crippen molar-refractivity contribution < 1.29 is 9.47 Å². The highest BCUT2D eigenvalue weighted by Crippen LogP contribution is 2.28. The van der Waals surface area contributed by atoms with E-state index < -0.39 is 0 Å². The molecule has 0 saturated heterocycles. The van der Waals surface area contributed by atoms with Crippen molar-refractivity contribution in [3.63, 3.8) is 0 Å². The van der Waals surface area contributed by atoms with Crippen molar-refractivity contribution in [1.29, 1.82) is 0 Å². The molecule has 0 amide bonds. The van der Waals surface area contributed by atoms with Crippen LogP contribution >= 0.6 is 11.3 Å². The fourth-order valence-electron chi connectivity index (χ4n) is 2.61. The highest BCUT2D eigenvalue weighted by atomic mass is 32.1. The number of aromatic nitrogens is 1. The number of rotatable bonds is 10. The predicted molar refractivity (Wildman–Crippen MR) is 112 cm³/mol. The molecule has 0 atom stereocenters. The number of thiazole rings is 1. The van der Waals surface area contributed by atoms with E-state index in [2.05, 4.69) is 46.6 Å².